The van der Waals surface area contributed by atoms with Crippen molar-refractivity contribution in [3.63, 3.8) is 0 Å². The summed E-state index contributed by atoms with van der Waals surface area (Å²) in [5.41, 5.74) is 6.98. The fourth-order valence-corrected chi connectivity index (χ4v) is 3.09. The van der Waals surface area contributed by atoms with Gasteiger partial charge in [0.1, 0.15) is 0 Å². The number of hydrogen-bond donors (Lipinski definition) is 1. The van der Waals surface area contributed by atoms with Crippen LogP contribution in [-0.2, 0) is 6.54 Å². The molecule has 25 heavy (non-hydrogen) atoms. The Morgan fingerprint density at radius 2 is 2.20 bits per heavy atom. The van der Waals surface area contributed by atoms with Gasteiger partial charge in [0.15, 0.2) is 0 Å². The van der Waals surface area contributed by atoms with Crippen LogP contribution in [0, 0.1) is 5.92 Å². The standard InChI is InChI=1S/C20H24N4O/c1-5-24-19(25)16-8-6-7-9-17(16)21-20(24)23-22-18-12-15(13(2)3)11-10-14(18)4/h6-10,15H,2,5,11-12H2,1,3-4H3,(H,21,23)/b22-18-/t15-/m0/s1. The van der Waals surface area contributed by atoms with Crippen LogP contribution in [0.4, 0.5) is 5.95 Å². The minimum Gasteiger partial charge on any atom is -0.277 e. The highest BCUT2D eigenvalue weighted by molar-refractivity contribution is 6.01. The Balaban J connectivity index is 1.97. The van der Waals surface area contributed by atoms with E-state index in [0.29, 0.717) is 29.3 Å². The van der Waals surface area contributed by atoms with E-state index in [9.17, 15) is 4.79 Å². The van der Waals surface area contributed by atoms with Gasteiger partial charge in [-0.2, -0.15) is 5.10 Å². The number of aromatic nitrogens is 2. The van der Waals surface area contributed by atoms with Crippen molar-refractivity contribution in [2.45, 2.75) is 40.2 Å². The average molecular weight is 336 g/mol. The van der Waals surface area contributed by atoms with Crippen molar-refractivity contribution in [2.24, 2.45) is 11.0 Å². The van der Waals surface area contributed by atoms with Gasteiger partial charge in [-0.3, -0.25) is 9.36 Å². The Bertz CT molecular complexity index is 936. The van der Waals surface area contributed by atoms with E-state index in [1.165, 1.54) is 5.57 Å². The first kappa shape index (κ1) is 17.1. The molecule has 0 radical (unpaired) electrons. The molecule has 0 spiro atoms. The van der Waals surface area contributed by atoms with Gasteiger partial charge >= 0.3 is 0 Å². The van der Waals surface area contributed by atoms with Crippen molar-refractivity contribution >= 4 is 22.6 Å². The number of benzene rings is 1. The first-order valence-corrected chi connectivity index (χ1v) is 8.66. The van der Waals surface area contributed by atoms with E-state index < -0.39 is 0 Å². The topological polar surface area (TPSA) is 59.3 Å². The van der Waals surface area contributed by atoms with Gasteiger partial charge in [0.05, 0.1) is 16.6 Å². The van der Waals surface area contributed by atoms with Crippen molar-refractivity contribution < 1.29 is 0 Å². The number of rotatable bonds is 4. The smallest absolute Gasteiger partial charge is 0.262 e. The Hall–Kier alpha value is -2.69. The molecule has 1 atom stereocenters. The number of hydrazone groups is 1. The second-order valence-corrected chi connectivity index (χ2v) is 6.54. The molecule has 1 heterocycles. The van der Waals surface area contributed by atoms with E-state index in [-0.39, 0.29) is 5.56 Å². The predicted molar refractivity (Wildman–Crippen MR) is 104 cm³/mol. The molecule has 1 N–H and O–H groups in total. The van der Waals surface area contributed by atoms with Crippen molar-refractivity contribution in [3.8, 4) is 0 Å². The number of allylic oxidation sites excluding steroid dienone is 3. The highest BCUT2D eigenvalue weighted by atomic mass is 16.1. The molecule has 5 nitrogen and oxygen atoms in total. The molecule has 1 aromatic heterocycles. The summed E-state index contributed by atoms with van der Waals surface area (Å²) in [6, 6.07) is 7.38. The number of nitrogens with one attached hydrogen (secondary N) is 1. The van der Waals surface area contributed by atoms with Crippen LogP contribution in [0.3, 0.4) is 0 Å². The summed E-state index contributed by atoms with van der Waals surface area (Å²) in [6.45, 7) is 10.7. The molecular formula is C20H24N4O. The van der Waals surface area contributed by atoms with Crippen LogP contribution in [0.1, 0.15) is 33.6 Å². The largest absolute Gasteiger partial charge is 0.277 e. The van der Waals surface area contributed by atoms with Crippen LogP contribution in [-0.4, -0.2) is 15.3 Å². The molecule has 0 bridgehead atoms. The van der Waals surface area contributed by atoms with Crippen LogP contribution in [0.5, 0.6) is 0 Å². The first-order chi connectivity index (χ1) is 12.0. The zero-order chi connectivity index (χ0) is 18.0. The van der Waals surface area contributed by atoms with Crippen molar-refractivity contribution in [1.29, 1.82) is 0 Å². The van der Waals surface area contributed by atoms with Gasteiger partial charge in [0.25, 0.3) is 5.56 Å². The van der Waals surface area contributed by atoms with E-state index in [1.807, 2.05) is 25.1 Å². The molecule has 0 aliphatic heterocycles. The third-order valence-corrected chi connectivity index (χ3v) is 4.77. The van der Waals surface area contributed by atoms with Crippen LogP contribution < -0.4 is 11.0 Å². The molecule has 0 saturated carbocycles. The molecule has 1 aromatic carbocycles. The molecule has 130 valence electrons. The van der Waals surface area contributed by atoms with E-state index in [2.05, 4.69) is 42.0 Å². The highest BCUT2D eigenvalue weighted by Gasteiger charge is 2.19. The van der Waals surface area contributed by atoms with Crippen LogP contribution >= 0.6 is 0 Å². The minimum absolute atomic E-state index is 0.0495. The molecule has 0 fully saturated rings. The van der Waals surface area contributed by atoms with E-state index in [4.69, 9.17) is 0 Å². The van der Waals surface area contributed by atoms with Gasteiger partial charge in [-0.15, -0.1) is 0 Å². The highest BCUT2D eigenvalue weighted by Crippen LogP contribution is 2.26. The second-order valence-electron chi connectivity index (χ2n) is 6.54. The molecule has 2 aromatic rings. The lowest BCUT2D eigenvalue weighted by Gasteiger charge is -2.22. The maximum Gasteiger partial charge on any atom is 0.262 e. The van der Waals surface area contributed by atoms with Gasteiger partial charge in [0, 0.05) is 6.54 Å². The molecule has 0 saturated heterocycles. The number of anilines is 1. The minimum atomic E-state index is -0.0495. The third-order valence-electron chi connectivity index (χ3n) is 4.77. The first-order valence-electron chi connectivity index (χ1n) is 8.66. The fraction of sp³-hybridized carbons (Fsp3) is 0.350. The van der Waals surface area contributed by atoms with Crippen molar-refractivity contribution in [2.75, 3.05) is 5.43 Å². The summed E-state index contributed by atoms with van der Waals surface area (Å²) < 4.78 is 1.62. The summed E-state index contributed by atoms with van der Waals surface area (Å²) >= 11 is 0. The number of para-hydroxylation sites is 1. The Morgan fingerprint density at radius 3 is 2.92 bits per heavy atom. The third kappa shape index (κ3) is 3.40. The molecule has 5 heteroatoms. The average Bonchev–Trinajstić information content (AvgIpc) is 2.61. The van der Waals surface area contributed by atoms with E-state index >= 15 is 0 Å². The summed E-state index contributed by atoms with van der Waals surface area (Å²) in [4.78, 5) is 17.2. The monoisotopic (exact) mass is 336 g/mol. The maximum absolute atomic E-state index is 12.6. The van der Waals surface area contributed by atoms with Gasteiger partial charge in [-0.25, -0.2) is 10.4 Å². The van der Waals surface area contributed by atoms with Gasteiger partial charge in [-0.1, -0.05) is 30.4 Å². The van der Waals surface area contributed by atoms with E-state index in [1.54, 1.807) is 10.6 Å². The summed E-state index contributed by atoms with van der Waals surface area (Å²) in [6.07, 6.45) is 4.06. The summed E-state index contributed by atoms with van der Waals surface area (Å²) in [5.74, 6) is 0.895. The summed E-state index contributed by atoms with van der Waals surface area (Å²) in [5, 5.41) is 5.18. The van der Waals surface area contributed by atoms with Crippen molar-refractivity contribution in [1.82, 2.24) is 9.55 Å². The van der Waals surface area contributed by atoms with Crippen molar-refractivity contribution in [3.05, 3.63) is 58.4 Å². The SMILES string of the molecule is C=C(C)[C@H]1CC=C(C)/C(=N\Nc2nc3ccccc3c(=O)n2CC)C1. The lowest BCUT2D eigenvalue weighted by atomic mass is 9.85. The van der Waals surface area contributed by atoms with Gasteiger partial charge < -0.3 is 0 Å². The molecule has 0 unspecified atom stereocenters. The normalized spacial score (nSPS) is 19.1. The number of nitrogens with zero attached hydrogens (tertiary/aromatic N) is 3. The number of hydrogen-bond acceptors (Lipinski definition) is 4. The lowest BCUT2D eigenvalue weighted by molar-refractivity contribution is 0.638. The Morgan fingerprint density at radius 1 is 1.44 bits per heavy atom. The molecule has 3 rings (SSSR count). The van der Waals surface area contributed by atoms with E-state index in [0.717, 1.165) is 24.1 Å². The molecular weight excluding hydrogens is 312 g/mol. The fourth-order valence-electron chi connectivity index (χ4n) is 3.09. The molecule has 1 aliphatic rings. The quantitative estimate of drug-likeness (QED) is 0.675. The zero-order valence-corrected chi connectivity index (χ0v) is 15.0. The van der Waals surface area contributed by atoms with Crippen LogP contribution in [0.2, 0.25) is 0 Å². The van der Waals surface area contributed by atoms with Gasteiger partial charge in [0.2, 0.25) is 5.95 Å². The Labute approximate surface area is 147 Å². The maximum atomic E-state index is 12.6. The summed E-state index contributed by atoms with van der Waals surface area (Å²) in [7, 11) is 0. The lowest BCUT2D eigenvalue weighted by Crippen LogP contribution is -2.24. The van der Waals surface area contributed by atoms with Crippen LogP contribution in [0.15, 0.2) is 58.0 Å². The zero-order valence-electron chi connectivity index (χ0n) is 15.0. The molecule has 0 amide bonds. The van der Waals surface area contributed by atoms with Crippen LogP contribution in [0.25, 0.3) is 10.9 Å². The second kappa shape index (κ2) is 7.05. The van der Waals surface area contributed by atoms with Gasteiger partial charge in [-0.05, 0) is 57.2 Å². The Kier molecular flexibility index (Phi) is 4.83. The predicted octanol–water partition coefficient (Wildman–Crippen LogP) is 4.12. The molecule has 1 aliphatic carbocycles. The number of fused-ring (bicyclic) bond motifs is 1.